The van der Waals surface area contributed by atoms with Crippen molar-refractivity contribution in [1.29, 1.82) is 0 Å². The third-order valence-corrected chi connectivity index (χ3v) is 9.50. The molecule has 0 aliphatic carbocycles. The van der Waals surface area contributed by atoms with Crippen molar-refractivity contribution in [3.63, 3.8) is 0 Å². The molecule has 17 heteroatoms. The van der Waals surface area contributed by atoms with Gasteiger partial charge in [0.15, 0.2) is 11.5 Å². The number of hydrogen-bond donors (Lipinski definition) is 3. The van der Waals surface area contributed by atoms with E-state index in [2.05, 4.69) is 20.1 Å². The van der Waals surface area contributed by atoms with Crippen molar-refractivity contribution < 1.29 is 57.6 Å². The molecule has 16 nitrogen and oxygen atoms in total. The van der Waals surface area contributed by atoms with Crippen LogP contribution in [0.2, 0.25) is 0 Å². The highest BCUT2D eigenvalue weighted by Crippen LogP contribution is 2.40. The van der Waals surface area contributed by atoms with E-state index in [4.69, 9.17) is 9.47 Å². The molecule has 0 spiro atoms. The SMILES string of the molecule is COC(=O)Oc1cccc(C(=O)N(C)c2ccc(C(=O)N[C@@H](C(=O)N[C@@H]3C(=O)N4C(C(=O)O)=C(C)CSC34)c3ccccc3)cc2)c1OC(=O)OC. The van der Waals surface area contributed by atoms with Crippen LogP contribution in [0.4, 0.5) is 15.3 Å². The van der Waals surface area contributed by atoms with Gasteiger partial charge in [0.1, 0.15) is 23.2 Å². The summed E-state index contributed by atoms with van der Waals surface area (Å²) in [6, 6.07) is 15.9. The average Bonchev–Trinajstić information content (AvgIpc) is 3.15. The molecule has 1 unspecified atom stereocenters. The van der Waals surface area contributed by atoms with E-state index in [0.717, 1.165) is 19.1 Å². The van der Waals surface area contributed by atoms with Crippen LogP contribution in [0.15, 0.2) is 84.1 Å². The molecule has 270 valence electrons. The molecule has 2 aliphatic heterocycles. The first kappa shape index (κ1) is 36.9. The Morgan fingerprint density at radius 2 is 1.56 bits per heavy atom. The molecule has 52 heavy (non-hydrogen) atoms. The van der Waals surface area contributed by atoms with Crippen molar-refractivity contribution in [2.45, 2.75) is 24.4 Å². The summed E-state index contributed by atoms with van der Waals surface area (Å²) in [5.74, 6) is -4.11. The number of para-hydroxylation sites is 1. The number of hydrogen-bond acceptors (Lipinski definition) is 12. The van der Waals surface area contributed by atoms with Gasteiger partial charge in [0.2, 0.25) is 5.91 Å². The Morgan fingerprint density at radius 3 is 2.19 bits per heavy atom. The van der Waals surface area contributed by atoms with Crippen LogP contribution in [0, 0.1) is 0 Å². The lowest BCUT2D eigenvalue weighted by Crippen LogP contribution is -2.71. The summed E-state index contributed by atoms with van der Waals surface area (Å²) in [7, 11) is 3.55. The van der Waals surface area contributed by atoms with Crippen molar-refractivity contribution in [1.82, 2.24) is 15.5 Å². The minimum Gasteiger partial charge on any atom is -0.477 e. The van der Waals surface area contributed by atoms with Crippen molar-refractivity contribution in [3.8, 4) is 11.5 Å². The molecule has 3 aromatic rings. The lowest BCUT2D eigenvalue weighted by Gasteiger charge is -2.49. The maximum atomic E-state index is 13.6. The van der Waals surface area contributed by atoms with Crippen molar-refractivity contribution in [3.05, 3.63) is 101 Å². The quantitative estimate of drug-likeness (QED) is 0.155. The summed E-state index contributed by atoms with van der Waals surface area (Å²) in [4.78, 5) is 91.6. The molecule has 2 aliphatic rings. The first-order valence-corrected chi connectivity index (χ1v) is 16.5. The van der Waals surface area contributed by atoms with Crippen LogP contribution in [0.1, 0.15) is 39.2 Å². The standard InChI is InChI=1S/C35H32N4O12S/c1-18-17-52-32-25(31(43)39(32)26(18)33(44)45)37-29(41)24(19-9-6-5-7-10-19)36-28(40)20-13-15-21(16-14-20)38(2)30(42)22-11-8-12-23(50-34(46)48-3)27(22)51-35(47)49-4/h5-16,24-25,32H,17H2,1-4H3,(H,36,40)(H,37,41)(H,44,45)/t24-,25-,32?/m1/s1. The number of anilines is 1. The molecule has 0 saturated carbocycles. The van der Waals surface area contributed by atoms with Crippen LogP contribution in [-0.4, -0.2) is 90.4 Å². The predicted octanol–water partition coefficient (Wildman–Crippen LogP) is 3.48. The summed E-state index contributed by atoms with van der Waals surface area (Å²) in [6.07, 6.45) is -2.30. The molecule has 3 atom stereocenters. The van der Waals surface area contributed by atoms with Gasteiger partial charge in [-0.3, -0.25) is 24.1 Å². The molecule has 1 fully saturated rings. The summed E-state index contributed by atoms with van der Waals surface area (Å²) >= 11 is 1.33. The Bertz CT molecular complexity index is 1970. The zero-order valence-electron chi connectivity index (χ0n) is 28.1. The van der Waals surface area contributed by atoms with Crippen molar-refractivity contribution in [2.75, 3.05) is 31.9 Å². The lowest BCUT2D eigenvalue weighted by atomic mass is 10.0. The molecule has 3 N–H and O–H groups in total. The number of carbonyl (C=O) groups excluding carboxylic acids is 6. The number of carboxylic acid groups (broad SMARTS) is 1. The molecule has 1 saturated heterocycles. The number of methoxy groups -OCH3 is 2. The van der Waals surface area contributed by atoms with E-state index in [1.807, 2.05) is 0 Å². The van der Waals surface area contributed by atoms with Gasteiger partial charge in [0, 0.05) is 24.1 Å². The predicted molar refractivity (Wildman–Crippen MR) is 184 cm³/mol. The summed E-state index contributed by atoms with van der Waals surface area (Å²) in [5, 5.41) is 14.4. The van der Waals surface area contributed by atoms with E-state index in [1.165, 1.54) is 66.2 Å². The minimum atomic E-state index is -1.23. The minimum absolute atomic E-state index is 0.0981. The number of benzene rings is 3. The van der Waals surface area contributed by atoms with Crippen LogP contribution >= 0.6 is 11.8 Å². The maximum Gasteiger partial charge on any atom is 0.513 e. The van der Waals surface area contributed by atoms with Gasteiger partial charge in [-0.15, -0.1) is 11.8 Å². The van der Waals surface area contributed by atoms with Gasteiger partial charge < -0.3 is 39.6 Å². The molecule has 0 radical (unpaired) electrons. The molecule has 0 aromatic heterocycles. The number of nitrogens with zero attached hydrogens (tertiary/aromatic N) is 2. The zero-order chi connectivity index (χ0) is 37.7. The highest BCUT2D eigenvalue weighted by Gasteiger charge is 2.54. The van der Waals surface area contributed by atoms with Gasteiger partial charge >= 0.3 is 18.3 Å². The second-order valence-corrected chi connectivity index (χ2v) is 12.4. The molecule has 0 bridgehead atoms. The van der Waals surface area contributed by atoms with Gasteiger partial charge in [-0.1, -0.05) is 36.4 Å². The Kier molecular flexibility index (Phi) is 11.1. The Morgan fingerprint density at radius 1 is 0.904 bits per heavy atom. The normalized spacial score (nSPS) is 16.7. The number of β-lactam (4-membered cyclic amide) rings is 1. The fourth-order valence-corrected chi connectivity index (χ4v) is 6.73. The highest BCUT2D eigenvalue weighted by molar-refractivity contribution is 8.00. The lowest BCUT2D eigenvalue weighted by molar-refractivity contribution is -0.151. The van der Waals surface area contributed by atoms with E-state index in [9.17, 15) is 38.7 Å². The fourth-order valence-electron chi connectivity index (χ4n) is 5.43. The third kappa shape index (κ3) is 7.53. The maximum absolute atomic E-state index is 13.6. The Labute approximate surface area is 300 Å². The molecule has 5 rings (SSSR count). The molecule has 4 amide bonds. The zero-order valence-corrected chi connectivity index (χ0v) is 28.9. The van der Waals surface area contributed by atoms with E-state index in [1.54, 1.807) is 37.3 Å². The fraction of sp³-hybridized carbons (Fsp3) is 0.229. The van der Waals surface area contributed by atoms with Gasteiger partial charge in [-0.2, -0.15) is 0 Å². The number of carbonyl (C=O) groups is 7. The Balaban J connectivity index is 1.32. The van der Waals surface area contributed by atoms with Crippen molar-refractivity contribution >= 4 is 59.4 Å². The first-order chi connectivity index (χ1) is 24.9. The number of fused-ring (bicyclic) bond motifs is 1. The second kappa shape index (κ2) is 15.7. The van der Waals surface area contributed by atoms with Crippen LogP contribution in [0.5, 0.6) is 11.5 Å². The number of rotatable bonds is 10. The summed E-state index contributed by atoms with van der Waals surface area (Å²) < 4.78 is 19.2. The molecular formula is C35H32N4O12S. The number of nitrogens with one attached hydrogen (secondary N) is 2. The van der Waals surface area contributed by atoms with Crippen LogP contribution < -0.4 is 25.0 Å². The van der Waals surface area contributed by atoms with E-state index in [0.29, 0.717) is 22.6 Å². The average molecular weight is 733 g/mol. The highest BCUT2D eigenvalue weighted by atomic mass is 32.2. The van der Waals surface area contributed by atoms with Crippen LogP contribution in [0.25, 0.3) is 0 Å². The second-order valence-electron chi connectivity index (χ2n) is 11.3. The number of ether oxygens (including phenoxy) is 4. The largest absolute Gasteiger partial charge is 0.513 e. The van der Waals surface area contributed by atoms with Crippen LogP contribution in [-0.2, 0) is 23.9 Å². The van der Waals surface area contributed by atoms with Crippen LogP contribution in [0.3, 0.4) is 0 Å². The first-order valence-electron chi connectivity index (χ1n) is 15.4. The van der Waals surface area contributed by atoms with Crippen molar-refractivity contribution in [2.24, 2.45) is 0 Å². The van der Waals surface area contributed by atoms with Gasteiger partial charge in [-0.05, 0) is 54.5 Å². The number of carboxylic acids is 1. The molecule has 3 aromatic carbocycles. The van der Waals surface area contributed by atoms with Gasteiger partial charge in [0.05, 0.1) is 19.8 Å². The molecule has 2 heterocycles. The Hall–Kier alpha value is -6.36. The van der Waals surface area contributed by atoms with Gasteiger partial charge in [-0.25, -0.2) is 14.4 Å². The summed E-state index contributed by atoms with van der Waals surface area (Å²) in [5.41, 5.74) is 1.14. The molecular weight excluding hydrogens is 700 g/mol. The van der Waals surface area contributed by atoms with E-state index in [-0.39, 0.29) is 22.6 Å². The topological polar surface area (TPSA) is 207 Å². The van der Waals surface area contributed by atoms with Gasteiger partial charge in [0.25, 0.3) is 17.7 Å². The third-order valence-electron chi connectivity index (χ3n) is 8.07. The number of thioether (sulfide) groups is 1. The monoisotopic (exact) mass is 732 g/mol. The van der Waals surface area contributed by atoms with E-state index < -0.39 is 65.1 Å². The number of amides is 4. The number of aliphatic carboxylic acids is 1. The smallest absolute Gasteiger partial charge is 0.477 e. The summed E-state index contributed by atoms with van der Waals surface area (Å²) in [6.45, 7) is 1.64. The van der Waals surface area contributed by atoms with E-state index >= 15 is 0 Å².